The van der Waals surface area contributed by atoms with E-state index in [2.05, 4.69) is 37.1 Å². The zero-order chi connectivity index (χ0) is 14.5. The lowest BCUT2D eigenvalue weighted by molar-refractivity contribution is 0.0602. The number of carbonyl (C=O) groups is 1. The lowest BCUT2D eigenvalue weighted by atomic mass is 9.84. The second-order valence-electron chi connectivity index (χ2n) is 6.91. The van der Waals surface area contributed by atoms with Gasteiger partial charge in [0.25, 0.3) is 5.91 Å². The Balaban J connectivity index is 1.91. The van der Waals surface area contributed by atoms with Gasteiger partial charge in [-0.05, 0) is 51.2 Å². The van der Waals surface area contributed by atoms with E-state index in [4.69, 9.17) is 0 Å². The molecule has 20 heavy (non-hydrogen) atoms. The molecule has 2 aliphatic rings. The lowest BCUT2D eigenvalue weighted by Gasteiger charge is -2.36. The average molecular weight is 272 g/mol. The van der Waals surface area contributed by atoms with Gasteiger partial charge in [-0.1, -0.05) is 17.7 Å². The molecule has 1 aromatic rings. The summed E-state index contributed by atoms with van der Waals surface area (Å²) in [6, 6.07) is 6.11. The van der Waals surface area contributed by atoms with Gasteiger partial charge in [-0.15, -0.1) is 0 Å². The molecular formula is C17H24N2O. The fraction of sp³-hybridized carbons (Fsp3) is 0.588. The third kappa shape index (κ3) is 1.96. The number of likely N-dealkylation sites (tertiary alicyclic amines) is 1. The minimum Gasteiger partial charge on any atom is -0.333 e. The lowest BCUT2D eigenvalue weighted by Crippen LogP contribution is -2.47. The van der Waals surface area contributed by atoms with E-state index in [1.54, 1.807) is 0 Å². The summed E-state index contributed by atoms with van der Waals surface area (Å²) in [7, 11) is 0. The highest BCUT2D eigenvalue weighted by Crippen LogP contribution is 2.41. The van der Waals surface area contributed by atoms with Crippen molar-refractivity contribution in [3.05, 3.63) is 34.9 Å². The maximum Gasteiger partial charge on any atom is 0.254 e. The van der Waals surface area contributed by atoms with Crippen LogP contribution >= 0.6 is 0 Å². The monoisotopic (exact) mass is 272 g/mol. The first kappa shape index (κ1) is 13.6. The molecule has 0 spiro atoms. The molecular weight excluding hydrogens is 248 g/mol. The normalized spacial score (nSPS) is 27.7. The van der Waals surface area contributed by atoms with Crippen molar-refractivity contribution in [1.29, 1.82) is 0 Å². The van der Waals surface area contributed by atoms with Gasteiger partial charge in [-0.3, -0.25) is 4.79 Å². The Hall–Kier alpha value is -1.35. The molecule has 0 saturated carbocycles. The fourth-order valence-corrected chi connectivity index (χ4v) is 3.97. The van der Waals surface area contributed by atoms with Gasteiger partial charge >= 0.3 is 0 Å². The highest BCUT2D eigenvalue weighted by atomic mass is 16.2. The summed E-state index contributed by atoms with van der Waals surface area (Å²) in [6.45, 7) is 11.5. The third-order valence-electron chi connectivity index (χ3n) is 5.22. The van der Waals surface area contributed by atoms with E-state index in [1.807, 2.05) is 19.1 Å². The summed E-state index contributed by atoms with van der Waals surface area (Å²) in [4.78, 5) is 15.0. The van der Waals surface area contributed by atoms with Crippen LogP contribution in [-0.4, -0.2) is 36.0 Å². The molecule has 0 aromatic heterocycles. The molecule has 0 bridgehead atoms. The van der Waals surface area contributed by atoms with Crippen molar-refractivity contribution in [1.82, 2.24) is 10.2 Å². The number of aryl methyl sites for hydroxylation is 2. The highest BCUT2D eigenvalue weighted by Gasteiger charge is 2.51. The van der Waals surface area contributed by atoms with Crippen LogP contribution in [-0.2, 0) is 0 Å². The first-order valence-corrected chi connectivity index (χ1v) is 7.51. The van der Waals surface area contributed by atoms with Crippen molar-refractivity contribution in [3.8, 4) is 0 Å². The standard InChI is InChI=1S/C17H24N2O/c1-11-5-6-14(12(2)7-11)16(20)19-10-13-8-18-9-15(13)17(19,3)4/h5-7,13,15,18H,8-10H2,1-4H3. The van der Waals surface area contributed by atoms with Crippen LogP contribution in [0.2, 0.25) is 0 Å². The molecule has 2 atom stereocenters. The summed E-state index contributed by atoms with van der Waals surface area (Å²) in [6.07, 6.45) is 0. The first-order valence-electron chi connectivity index (χ1n) is 7.51. The van der Waals surface area contributed by atoms with Crippen LogP contribution in [0.25, 0.3) is 0 Å². The third-order valence-corrected chi connectivity index (χ3v) is 5.22. The van der Waals surface area contributed by atoms with E-state index in [-0.39, 0.29) is 11.4 Å². The topological polar surface area (TPSA) is 32.3 Å². The van der Waals surface area contributed by atoms with E-state index in [1.165, 1.54) is 5.56 Å². The molecule has 0 radical (unpaired) electrons. The molecule has 2 fully saturated rings. The average Bonchev–Trinajstić information content (AvgIpc) is 2.91. The molecule has 2 aliphatic heterocycles. The van der Waals surface area contributed by atoms with Crippen molar-refractivity contribution in [3.63, 3.8) is 0 Å². The molecule has 1 amide bonds. The molecule has 3 heteroatoms. The van der Waals surface area contributed by atoms with Gasteiger partial charge in [0.15, 0.2) is 0 Å². The van der Waals surface area contributed by atoms with Crippen molar-refractivity contribution >= 4 is 5.91 Å². The predicted molar refractivity (Wildman–Crippen MR) is 80.9 cm³/mol. The van der Waals surface area contributed by atoms with Crippen LogP contribution in [0, 0.1) is 25.7 Å². The van der Waals surface area contributed by atoms with E-state index < -0.39 is 0 Å². The number of nitrogens with zero attached hydrogens (tertiary/aromatic N) is 1. The molecule has 1 N–H and O–H groups in total. The molecule has 2 saturated heterocycles. The Morgan fingerprint density at radius 3 is 2.70 bits per heavy atom. The maximum atomic E-state index is 12.9. The Morgan fingerprint density at radius 2 is 2.05 bits per heavy atom. The summed E-state index contributed by atoms with van der Waals surface area (Å²) in [5.41, 5.74) is 3.10. The van der Waals surface area contributed by atoms with Crippen molar-refractivity contribution in [2.75, 3.05) is 19.6 Å². The Kier molecular flexibility index (Phi) is 3.13. The molecule has 0 aliphatic carbocycles. The Bertz CT molecular complexity index is 550. The molecule has 108 valence electrons. The molecule has 3 nitrogen and oxygen atoms in total. The van der Waals surface area contributed by atoms with Gasteiger partial charge in [-0.25, -0.2) is 0 Å². The van der Waals surface area contributed by atoms with Gasteiger partial charge < -0.3 is 10.2 Å². The number of amides is 1. The quantitative estimate of drug-likeness (QED) is 0.851. The highest BCUT2D eigenvalue weighted by molar-refractivity contribution is 5.96. The second kappa shape index (κ2) is 4.59. The van der Waals surface area contributed by atoms with E-state index in [9.17, 15) is 4.79 Å². The van der Waals surface area contributed by atoms with Crippen LogP contribution in [0.1, 0.15) is 35.3 Å². The molecule has 1 aromatic carbocycles. The van der Waals surface area contributed by atoms with Gasteiger partial charge in [0, 0.05) is 30.7 Å². The number of rotatable bonds is 1. The zero-order valence-electron chi connectivity index (χ0n) is 12.9. The summed E-state index contributed by atoms with van der Waals surface area (Å²) >= 11 is 0. The number of carbonyl (C=O) groups excluding carboxylic acids is 1. The fourth-order valence-electron chi connectivity index (χ4n) is 3.97. The minimum absolute atomic E-state index is 0.0530. The van der Waals surface area contributed by atoms with Gasteiger partial charge in [0.1, 0.15) is 0 Å². The van der Waals surface area contributed by atoms with Crippen LogP contribution in [0.5, 0.6) is 0 Å². The van der Waals surface area contributed by atoms with Crippen LogP contribution in [0.4, 0.5) is 0 Å². The predicted octanol–water partition coefficient (Wildman–Crippen LogP) is 2.37. The number of benzene rings is 1. The summed E-state index contributed by atoms with van der Waals surface area (Å²) < 4.78 is 0. The molecule has 3 rings (SSSR count). The van der Waals surface area contributed by atoms with E-state index >= 15 is 0 Å². The van der Waals surface area contributed by atoms with Gasteiger partial charge in [0.2, 0.25) is 0 Å². The van der Waals surface area contributed by atoms with Gasteiger partial charge in [0.05, 0.1) is 0 Å². The number of hydrogen-bond donors (Lipinski definition) is 1. The maximum absolute atomic E-state index is 12.9. The van der Waals surface area contributed by atoms with Crippen LogP contribution < -0.4 is 5.32 Å². The number of hydrogen-bond acceptors (Lipinski definition) is 2. The summed E-state index contributed by atoms with van der Waals surface area (Å²) in [5, 5.41) is 3.46. The molecule has 2 heterocycles. The molecule has 2 unspecified atom stereocenters. The second-order valence-corrected chi connectivity index (χ2v) is 6.91. The number of fused-ring (bicyclic) bond motifs is 1. The first-order chi connectivity index (χ1) is 9.41. The Labute approximate surface area is 121 Å². The largest absolute Gasteiger partial charge is 0.333 e. The number of nitrogens with one attached hydrogen (secondary N) is 1. The van der Waals surface area contributed by atoms with E-state index in [0.717, 1.165) is 30.8 Å². The van der Waals surface area contributed by atoms with Crippen molar-refractivity contribution in [2.45, 2.75) is 33.2 Å². The van der Waals surface area contributed by atoms with Gasteiger partial charge in [-0.2, -0.15) is 0 Å². The SMILES string of the molecule is Cc1ccc(C(=O)N2CC3CNCC3C2(C)C)c(C)c1. The van der Waals surface area contributed by atoms with Crippen molar-refractivity contribution in [2.24, 2.45) is 11.8 Å². The smallest absolute Gasteiger partial charge is 0.254 e. The minimum atomic E-state index is -0.0530. The van der Waals surface area contributed by atoms with Crippen molar-refractivity contribution < 1.29 is 4.79 Å². The Morgan fingerprint density at radius 1 is 1.30 bits per heavy atom. The van der Waals surface area contributed by atoms with Crippen LogP contribution in [0.15, 0.2) is 18.2 Å². The van der Waals surface area contributed by atoms with E-state index in [0.29, 0.717) is 11.8 Å². The summed E-state index contributed by atoms with van der Waals surface area (Å²) in [5.74, 6) is 1.39. The zero-order valence-corrected chi connectivity index (χ0v) is 12.9. The van der Waals surface area contributed by atoms with Crippen LogP contribution in [0.3, 0.4) is 0 Å².